The smallest absolute Gasteiger partial charge is 0.326 e. The first-order valence-electron chi connectivity index (χ1n) is 10.5. The minimum absolute atomic E-state index is 0.0180. The lowest BCUT2D eigenvalue weighted by molar-refractivity contribution is -0.144. The molecule has 0 aliphatic carbocycles. The van der Waals surface area contributed by atoms with Gasteiger partial charge in [-0.2, -0.15) is 0 Å². The van der Waals surface area contributed by atoms with E-state index >= 15 is 0 Å². The number of carboxylic acid groups (broad SMARTS) is 1. The molecule has 0 saturated carbocycles. The number of aromatic hydroxyl groups is 1. The maximum absolute atomic E-state index is 13.1. The summed E-state index contributed by atoms with van der Waals surface area (Å²) in [6, 6.07) is 2.66. The first-order chi connectivity index (χ1) is 15.6. The van der Waals surface area contributed by atoms with Crippen molar-refractivity contribution in [1.82, 2.24) is 15.5 Å². The number of likely N-dealkylation sites (tertiary alicyclic amines) is 1. The van der Waals surface area contributed by atoms with Crippen LogP contribution in [0.4, 0.5) is 0 Å². The Balaban J connectivity index is 2.11. The van der Waals surface area contributed by atoms with Gasteiger partial charge in [0.1, 0.15) is 23.9 Å². The molecule has 1 aromatic rings. The van der Waals surface area contributed by atoms with Crippen molar-refractivity contribution < 1.29 is 34.2 Å². The van der Waals surface area contributed by atoms with Gasteiger partial charge in [-0.25, -0.2) is 4.79 Å². The van der Waals surface area contributed by atoms with Gasteiger partial charge in [0, 0.05) is 19.4 Å². The summed E-state index contributed by atoms with van der Waals surface area (Å²) in [6.07, 6.45) is 0.599. The molecule has 0 radical (unpaired) electrons. The molecular weight excluding hydrogens is 434 g/mol. The number of phenols is 1. The number of nitrogens with one attached hydrogen (secondary N) is 2. The Morgan fingerprint density at radius 3 is 2.33 bits per heavy atom. The number of carbonyl (C=O) groups is 5. The number of hydrogen-bond donors (Lipinski definition) is 6. The Morgan fingerprint density at radius 2 is 1.76 bits per heavy atom. The van der Waals surface area contributed by atoms with Crippen molar-refractivity contribution in [3.05, 3.63) is 29.8 Å². The SMILES string of the molecule is NCC(=O)NC(CCC(N)=O)C(=O)N1CCCC1C(=O)NC(Cc1ccc(O)cc1)C(=O)O. The van der Waals surface area contributed by atoms with Crippen LogP contribution in [0.5, 0.6) is 5.75 Å². The Hall–Kier alpha value is -3.67. The molecule has 0 bridgehead atoms. The van der Waals surface area contributed by atoms with E-state index in [9.17, 15) is 34.2 Å². The molecule has 4 amide bonds. The van der Waals surface area contributed by atoms with Gasteiger partial charge in [0.15, 0.2) is 0 Å². The lowest BCUT2D eigenvalue weighted by Crippen LogP contribution is -2.56. The maximum atomic E-state index is 13.1. The molecule has 12 nitrogen and oxygen atoms in total. The molecular formula is C21H29N5O7. The Kier molecular flexibility index (Phi) is 9.16. The number of rotatable bonds is 11. The Labute approximate surface area is 190 Å². The van der Waals surface area contributed by atoms with E-state index in [-0.39, 0.29) is 38.1 Å². The second-order valence-electron chi connectivity index (χ2n) is 7.79. The third-order valence-corrected chi connectivity index (χ3v) is 5.33. The topological polar surface area (TPSA) is 205 Å². The number of phenolic OH excluding ortho intramolecular Hbond substituents is 1. The summed E-state index contributed by atoms with van der Waals surface area (Å²) in [5.41, 5.74) is 11.0. The highest BCUT2D eigenvalue weighted by molar-refractivity contribution is 5.94. The van der Waals surface area contributed by atoms with E-state index in [1.54, 1.807) is 12.1 Å². The predicted octanol–water partition coefficient (Wildman–Crippen LogP) is -1.80. The molecule has 0 aromatic heterocycles. The number of hydrogen-bond acceptors (Lipinski definition) is 7. The molecule has 2 rings (SSSR count). The normalized spacial score (nSPS) is 17.1. The quantitative estimate of drug-likeness (QED) is 0.220. The highest BCUT2D eigenvalue weighted by Crippen LogP contribution is 2.20. The third-order valence-electron chi connectivity index (χ3n) is 5.33. The molecule has 8 N–H and O–H groups in total. The highest BCUT2D eigenvalue weighted by Gasteiger charge is 2.38. The Bertz CT molecular complexity index is 889. The molecule has 3 unspecified atom stereocenters. The van der Waals surface area contributed by atoms with Gasteiger partial charge in [0.25, 0.3) is 0 Å². The average Bonchev–Trinajstić information content (AvgIpc) is 3.26. The van der Waals surface area contributed by atoms with Crippen LogP contribution in [0.3, 0.4) is 0 Å². The summed E-state index contributed by atoms with van der Waals surface area (Å²) < 4.78 is 0. The third kappa shape index (κ3) is 7.45. The van der Waals surface area contributed by atoms with Crippen molar-refractivity contribution in [2.45, 2.75) is 50.2 Å². The molecule has 1 saturated heterocycles. The zero-order chi connectivity index (χ0) is 24.5. The summed E-state index contributed by atoms with van der Waals surface area (Å²) in [6.45, 7) is -0.125. The molecule has 1 aliphatic heterocycles. The predicted molar refractivity (Wildman–Crippen MR) is 116 cm³/mol. The minimum atomic E-state index is -1.25. The number of carboxylic acids is 1. The van der Waals surface area contributed by atoms with Crippen molar-refractivity contribution in [2.75, 3.05) is 13.1 Å². The van der Waals surface area contributed by atoms with E-state index in [1.165, 1.54) is 17.0 Å². The molecule has 1 fully saturated rings. The van der Waals surface area contributed by atoms with Crippen LogP contribution < -0.4 is 22.1 Å². The largest absolute Gasteiger partial charge is 0.508 e. The fraction of sp³-hybridized carbons (Fsp3) is 0.476. The molecule has 1 aromatic carbocycles. The summed E-state index contributed by atoms with van der Waals surface area (Å²) in [5.74, 6) is -3.67. The van der Waals surface area contributed by atoms with E-state index in [4.69, 9.17) is 11.5 Å². The number of benzene rings is 1. The number of primary amides is 1. The van der Waals surface area contributed by atoms with Crippen LogP contribution in [0.25, 0.3) is 0 Å². The van der Waals surface area contributed by atoms with Crippen molar-refractivity contribution in [3.8, 4) is 5.75 Å². The van der Waals surface area contributed by atoms with Gasteiger partial charge in [-0.1, -0.05) is 12.1 Å². The lowest BCUT2D eigenvalue weighted by Gasteiger charge is -2.29. The molecule has 180 valence electrons. The minimum Gasteiger partial charge on any atom is -0.508 e. The van der Waals surface area contributed by atoms with Crippen molar-refractivity contribution in [1.29, 1.82) is 0 Å². The highest BCUT2D eigenvalue weighted by atomic mass is 16.4. The van der Waals surface area contributed by atoms with Crippen LogP contribution in [0.1, 0.15) is 31.2 Å². The van der Waals surface area contributed by atoms with Gasteiger partial charge < -0.3 is 37.2 Å². The van der Waals surface area contributed by atoms with E-state index in [0.29, 0.717) is 18.4 Å². The first kappa shape index (κ1) is 25.6. The second-order valence-corrected chi connectivity index (χ2v) is 7.79. The summed E-state index contributed by atoms with van der Waals surface area (Å²) in [7, 11) is 0. The number of nitrogens with zero attached hydrogens (tertiary/aromatic N) is 1. The van der Waals surface area contributed by atoms with E-state index in [0.717, 1.165) is 0 Å². The van der Waals surface area contributed by atoms with Crippen molar-refractivity contribution in [3.63, 3.8) is 0 Å². The average molecular weight is 463 g/mol. The zero-order valence-electron chi connectivity index (χ0n) is 18.0. The van der Waals surface area contributed by atoms with Gasteiger partial charge in [-0.05, 0) is 37.0 Å². The summed E-state index contributed by atoms with van der Waals surface area (Å²) in [5, 5.41) is 23.8. The number of amides is 4. The molecule has 12 heteroatoms. The lowest BCUT2D eigenvalue weighted by atomic mass is 10.0. The van der Waals surface area contributed by atoms with Crippen LogP contribution in [-0.4, -0.2) is 75.9 Å². The summed E-state index contributed by atoms with van der Waals surface area (Å²) >= 11 is 0. The molecule has 33 heavy (non-hydrogen) atoms. The fourth-order valence-corrected chi connectivity index (χ4v) is 3.64. The molecule has 1 aliphatic rings. The molecule has 0 spiro atoms. The van der Waals surface area contributed by atoms with Gasteiger partial charge in [-0.3, -0.25) is 19.2 Å². The van der Waals surface area contributed by atoms with Gasteiger partial charge in [-0.15, -0.1) is 0 Å². The maximum Gasteiger partial charge on any atom is 0.326 e. The van der Waals surface area contributed by atoms with Crippen LogP contribution in [-0.2, 0) is 30.4 Å². The van der Waals surface area contributed by atoms with Crippen molar-refractivity contribution >= 4 is 29.6 Å². The first-order valence-corrected chi connectivity index (χ1v) is 10.5. The van der Waals surface area contributed by atoms with Crippen LogP contribution in [0, 0.1) is 0 Å². The monoisotopic (exact) mass is 463 g/mol. The molecule has 1 heterocycles. The summed E-state index contributed by atoms with van der Waals surface area (Å²) in [4.78, 5) is 61.8. The fourth-order valence-electron chi connectivity index (χ4n) is 3.64. The van der Waals surface area contributed by atoms with E-state index in [1.807, 2.05) is 0 Å². The standard InChI is InChI=1S/C21H29N5O7/c22-11-18(29)24-14(7-8-17(23)28)20(31)26-9-1-2-16(26)19(30)25-15(21(32)33)10-12-3-5-13(27)6-4-12/h3-6,14-16,27H,1-2,7-11,22H2,(H2,23,28)(H,24,29)(H,25,30)(H,32,33). The van der Waals surface area contributed by atoms with E-state index in [2.05, 4.69) is 10.6 Å². The van der Waals surface area contributed by atoms with Crippen LogP contribution in [0.15, 0.2) is 24.3 Å². The van der Waals surface area contributed by atoms with Crippen molar-refractivity contribution in [2.24, 2.45) is 11.5 Å². The van der Waals surface area contributed by atoms with Gasteiger partial charge in [0.05, 0.1) is 6.54 Å². The zero-order valence-corrected chi connectivity index (χ0v) is 18.0. The van der Waals surface area contributed by atoms with Gasteiger partial charge >= 0.3 is 5.97 Å². The number of aliphatic carboxylic acids is 1. The Morgan fingerprint density at radius 1 is 1.09 bits per heavy atom. The molecule has 3 atom stereocenters. The van der Waals surface area contributed by atoms with Gasteiger partial charge in [0.2, 0.25) is 23.6 Å². The van der Waals surface area contributed by atoms with Crippen LogP contribution in [0.2, 0.25) is 0 Å². The number of carbonyl (C=O) groups excluding carboxylic acids is 4. The second kappa shape index (κ2) is 11.8. The number of nitrogens with two attached hydrogens (primary N) is 2. The van der Waals surface area contributed by atoms with Crippen LogP contribution >= 0.6 is 0 Å². The van der Waals surface area contributed by atoms with E-state index < -0.39 is 47.7 Å².